The van der Waals surface area contributed by atoms with Crippen molar-refractivity contribution in [2.24, 2.45) is 0 Å². The highest BCUT2D eigenvalue weighted by Gasteiger charge is 2.37. The van der Waals surface area contributed by atoms with Crippen LogP contribution < -0.4 is 24.4 Å². The van der Waals surface area contributed by atoms with Crippen LogP contribution in [0.5, 0.6) is 17.2 Å². The highest BCUT2D eigenvalue weighted by Crippen LogP contribution is 2.36. The number of barbiturate groups is 1. The van der Waals surface area contributed by atoms with Crippen LogP contribution in [0.15, 0.2) is 72.3 Å². The van der Waals surface area contributed by atoms with Crippen LogP contribution in [0, 0.1) is 0 Å². The standard InChI is InChI=1S/C25H17ClN2O6/c26-17-5-1-16(2-6-17)13-32-19-8-3-15(4-9-19)11-20-23(29)27-25(31)28(24(20)30)18-7-10-21-22(12-18)34-14-33-21/h1-12H,13-14H2,(H,27,29,31)/b20-11+. The van der Waals surface area contributed by atoms with E-state index in [-0.39, 0.29) is 18.1 Å². The van der Waals surface area contributed by atoms with E-state index in [4.69, 9.17) is 25.8 Å². The summed E-state index contributed by atoms with van der Waals surface area (Å²) in [6.45, 7) is 0.424. The Kier molecular flexibility index (Phi) is 5.65. The number of carbonyl (C=O) groups excluding carboxylic acids is 3. The van der Waals surface area contributed by atoms with Crippen LogP contribution in [0.25, 0.3) is 6.08 Å². The normalized spacial score (nSPS) is 16.1. The summed E-state index contributed by atoms with van der Waals surface area (Å²) in [5, 5.41) is 2.86. The van der Waals surface area contributed by atoms with Crippen LogP contribution in [0.2, 0.25) is 5.02 Å². The minimum absolute atomic E-state index is 0.0575. The Morgan fingerprint density at radius 2 is 1.68 bits per heavy atom. The summed E-state index contributed by atoms with van der Waals surface area (Å²) in [4.78, 5) is 38.8. The zero-order chi connectivity index (χ0) is 23.7. The van der Waals surface area contributed by atoms with Crippen LogP contribution in [-0.4, -0.2) is 24.6 Å². The van der Waals surface area contributed by atoms with Crippen molar-refractivity contribution in [3.05, 3.63) is 88.5 Å². The number of halogens is 1. The first-order valence-electron chi connectivity index (χ1n) is 10.3. The van der Waals surface area contributed by atoms with Crippen molar-refractivity contribution in [1.82, 2.24) is 5.32 Å². The Balaban J connectivity index is 1.33. The Labute approximate surface area is 199 Å². The lowest BCUT2D eigenvalue weighted by molar-refractivity contribution is -0.122. The van der Waals surface area contributed by atoms with Gasteiger partial charge in [-0.1, -0.05) is 35.9 Å². The number of nitrogens with one attached hydrogen (secondary N) is 1. The fourth-order valence-electron chi connectivity index (χ4n) is 3.49. The van der Waals surface area contributed by atoms with Crippen molar-refractivity contribution in [3.8, 4) is 17.2 Å². The van der Waals surface area contributed by atoms with Crippen LogP contribution in [-0.2, 0) is 16.2 Å². The maximum Gasteiger partial charge on any atom is 0.335 e. The molecular weight excluding hydrogens is 460 g/mol. The topological polar surface area (TPSA) is 94.2 Å². The number of amides is 4. The minimum atomic E-state index is -0.836. The van der Waals surface area contributed by atoms with Crippen LogP contribution in [0.1, 0.15) is 11.1 Å². The lowest BCUT2D eigenvalue weighted by Crippen LogP contribution is -2.54. The molecule has 3 aromatic carbocycles. The SMILES string of the molecule is O=C1NC(=O)N(c2ccc3c(c2)OCO3)C(=O)/C1=C/c1ccc(OCc2ccc(Cl)cc2)cc1. The highest BCUT2D eigenvalue weighted by molar-refractivity contribution is 6.39. The summed E-state index contributed by atoms with van der Waals surface area (Å²) in [6.07, 6.45) is 1.42. The van der Waals surface area contributed by atoms with Crippen molar-refractivity contribution >= 4 is 41.2 Å². The summed E-state index contributed by atoms with van der Waals surface area (Å²) in [5.41, 5.74) is 1.65. The number of urea groups is 1. The van der Waals surface area contributed by atoms with Crippen LogP contribution >= 0.6 is 11.6 Å². The van der Waals surface area contributed by atoms with E-state index in [1.54, 1.807) is 48.5 Å². The van der Waals surface area contributed by atoms with Crippen molar-refractivity contribution in [2.45, 2.75) is 6.61 Å². The molecule has 2 aliphatic rings. The molecule has 2 aliphatic heterocycles. The molecule has 1 N–H and O–H groups in total. The summed E-state index contributed by atoms with van der Waals surface area (Å²) in [5.74, 6) is 0.0352. The third kappa shape index (κ3) is 4.31. The van der Waals surface area contributed by atoms with E-state index >= 15 is 0 Å². The van der Waals surface area contributed by atoms with E-state index in [0.29, 0.717) is 34.4 Å². The molecule has 0 bridgehead atoms. The number of imide groups is 2. The lowest BCUT2D eigenvalue weighted by atomic mass is 10.1. The van der Waals surface area contributed by atoms with Gasteiger partial charge in [0.25, 0.3) is 11.8 Å². The van der Waals surface area contributed by atoms with E-state index in [9.17, 15) is 14.4 Å². The Bertz CT molecular complexity index is 1320. The molecule has 170 valence electrons. The average Bonchev–Trinajstić information content (AvgIpc) is 3.30. The van der Waals surface area contributed by atoms with Gasteiger partial charge in [0.1, 0.15) is 17.9 Å². The summed E-state index contributed by atoms with van der Waals surface area (Å²) >= 11 is 5.89. The molecule has 0 atom stereocenters. The number of ether oxygens (including phenoxy) is 3. The molecule has 5 rings (SSSR count). The molecule has 0 radical (unpaired) electrons. The highest BCUT2D eigenvalue weighted by atomic mass is 35.5. The van der Waals surface area contributed by atoms with Crippen molar-refractivity contribution in [2.75, 3.05) is 11.7 Å². The molecule has 0 unspecified atom stereocenters. The molecule has 4 amide bonds. The summed E-state index contributed by atoms with van der Waals surface area (Å²) in [6, 6.07) is 18.0. The molecule has 34 heavy (non-hydrogen) atoms. The van der Waals surface area contributed by atoms with E-state index in [1.165, 1.54) is 12.1 Å². The molecule has 1 fully saturated rings. The first-order valence-corrected chi connectivity index (χ1v) is 10.6. The van der Waals surface area contributed by atoms with Gasteiger partial charge in [-0.15, -0.1) is 0 Å². The Morgan fingerprint density at radius 1 is 0.941 bits per heavy atom. The molecule has 2 heterocycles. The zero-order valence-corrected chi connectivity index (χ0v) is 18.4. The van der Waals surface area contributed by atoms with E-state index < -0.39 is 17.8 Å². The van der Waals surface area contributed by atoms with Gasteiger partial charge in [-0.2, -0.15) is 0 Å². The van der Waals surface area contributed by atoms with Gasteiger partial charge in [-0.05, 0) is 53.6 Å². The molecule has 0 spiro atoms. The van der Waals surface area contributed by atoms with Gasteiger partial charge in [0.15, 0.2) is 11.5 Å². The number of hydrogen-bond donors (Lipinski definition) is 1. The largest absolute Gasteiger partial charge is 0.489 e. The molecule has 8 nitrogen and oxygen atoms in total. The van der Waals surface area contributed by atoms with Gasteiger partial charge < -0.3 is 14.2 Å². The summed E-state index contributed by atoms with van der Waals surface area (Å²) < 4.78 is 16.3. The first-order chi connectivity index (χ1) is 16.5. The fraction of sp³-hybridized carbons (Fsp3) is 0.0800. The lowest BCUT2D eigenvalue weighted by Gasteiger charge is -2.26. The Hall–Kier alpha value is -4.30. The van der Waals surface area contributed by atoms with Crippen LogP contribution in [0.4, 0.5) is 10.5 Å². The van der Waals surface area contributed by atoms with Gasteiger partial charge in [0.05, 0.1) is 5.69 Å². The molecule has 0 saturated carbocycles. The third-order valence-corrected chi connectivity index (χ3v) is 5.48. The molecule has 3 aromatic rings. The number of benzene rings is 3. The van der Waals surface area contributed by atoms with Gasteiger partial charge in [0, 0.05) is 11.1 Å². The quantitative estimate of drug-likeness (QED) is 0.435. The molecule has 0 aliphatic carbocycles. The second-order valence-corrected chi connectivity index (χ2v) is 7.92. The maximum absolute atomic E-state index is 13.1. The van der Waals surface area contributed by atoms with Crippen molar-refractivity contribution < 1.29 is 28.6 Å². The minimum Gasteiger partial charge on any atom is -0.489 e. The fourth-order valence-corrected chi connectivity index (χ4v) is 3.62. The van der Waals surface area contributed by atoms with E-state index in [1.807, 2.05) is 12.1 Å². The average molecular weight is 477 g/mol. The number of rotatable bonds is 5. The van der Waals surface area contributed by atoms with Gasteiger partial charge in [-0.25, -0.2) is 9.69 Å². The molecular formula is C25H17ClN2O6. The van der Waals surface area contributed by atoms with Gasteiger partial charge in [0.2, 0.25) is 6.79 Å². The summed E-state index contributed by atoms with van der Waals surface area (Å²) in [7, 11) is 0. The smallest absolute Gasteiger partial charge is 0.335 e. The molecule has 9 heteroatoms. The Morgan fingerprint density at radius 3 is 2.44 bits per heavy atom. The first kappa shape index (κ1) is 21.5. The molecule has 0 aromatic heterocycles. The predicted molar refractivity (Wildman–Crippen MR) is 124 cm³/mol. The maximum atomic E-state index is 13.1. The van der Waals surface area contributed by atoms with Gasteiger partial charge >= 0.3 is 6.03 Å². The van der Waals surface area contributed by atoms with Crippen molar-refractivity contribution in [1.29, 1.82) is 0 Å². The monoisotopic (exact) mass is 476 g/mol. The van der Waals surface area contributed by atoms with E-state index in [2.05, 4.69) is 5.32 Å². The molecule has 1 saturated heterocycles. The van der Waals surface area contributed by atoms with Crippen molar-refractivity contribution in [3.63, 3.8) is 0 Å². The van der Waals surface area contributed by atoms with E-state index in [0.717, 1.165) is 10.5 Å². The second kappa shape index (κ2) is 8.92. The zero-order valence-electron chi connectivity index (χ0n) is 17.6. The number of anilines is 1. The number of hydrogen-bond acceptors (Lipinski definition) is 6. The predicted octanol–water partition coefficient (Wildman–Crippen LogP) is 4.31. The second-order valence-electron chi connectivity index (χ2n) is 7.48. The third-order valence-electron chi connectivity index (χ3n) is 5.23. The van der Waals surface area contributed by atoms with Gasteiger partial charge in [-0.3, -0.25) is 14.9 Å². The number of fused-ring (bicyclic) bond motifs is 1. The number of carbonyl (C=O) groups is 3. The van der Waals surface area contributed by atoms with Crippen LogP contribution in [0.3, 0.4) is 0 Å². The number of nitrogens with zero attached hydrogens (tertiary/aromatic N) is 1.